The summed E-state index contributed by atoms with van der Waals surface area (Å²) in [5.41, 5.74) is 3.05. The lowest BCUT2D eigenvalue weighted by Gasteiger charge is -2.38. The highest BCUT2D eigenvalue weighted by molar-refractivity contribution is 5.26. The fourth-order valence-corrected chi connectivity index (χ4v) is 5.25. The van der Waals surface area contributed by atoms with Crippen molar-refractivity contribution >= 4 is 0 Å². The van der Waals surface area contributed by atoms with Crippen LogP contribution in [-0.4, -0.2) is 30.3 Å². The maximum atomic E-state index is 13.4. The molecule has 4 atom stereocenters. The fourth-order valence-electron chi connectivity index (χ4n) is 5.25. The quantitative estimate of drug-likeness (QED) is 0.341. The SMILES string of the molecule is CCC(CCc1ccc(C2CCC(C(F)(F)F)C(C(F)(F)F)C2)cc1)N(C)Cc1ccccc1. The lowest BCUT2D eigenvalue weighted by atomic mass is 9.71. The molecule has 0 N–H and O–H groups in total. The second kappa shape index (κ2) is 11.1. The summed E-state index contributed by atoms with van der Waals surface area (Å²) in [6.07, 6.45) is -7.74. The van der Waals surface area contributed by atoms with Gasteiger partial charge in [-0.3, -0.25) is 4.90 Å². The van der Waals surface area contributed by atoms with Crippen LogP contribution in [0.2, 0.25) is 0 Å². The van der Waals surface area contributed by atoms with Gasteiger partial charge in [0.1, 0.15) is 0 Å². The summed E-state index contributed by atoms with van der Waals surface area (Å²) in [5, 5.41) is 0. The summed E-state index contributed by atoms with van der Waals surface area (Å²) < 4.78 is 79.6. The molecule has 0 spiro atoms. The Morgan fingerprint density at radius 3 is 2.00 bits per heavy atom. The Kier molecular flexibility index (Phi) is 8.72. The van der Waals surface area contributed by atoms with E-state index in [0.29, 0.717) is 11.6 Å². The Hall–Kier alpha value is -2.02. The third kappa shape index (κ3) is 7.00. The molecule has 3 rings (SSSR count). The number of alkyl halides is 6. The average Bonchev–Trinajstić information content (AvgIpc) is 2.79. The third-order valence-corrected chi connectivity index (χ3v) is 7.28. The van der Waals surface area contributed by atoms with Gasteiger partial charge in [0, 0.05) is 12.6 Å². The molecule has 0 radical (unpaired) electrons. The Bertz CT molecular complexity index is 875. The molecule has 4 unspecified atom stereocenters. The highest BCUT2D eigenvalue weighted by Crippen LogP contribution is 2.52. The first-order valence-electron chi connectivity index (χ1n) is 12.0. The number of benzene rings is 2. The van der Waals surface area contributed by atoms with E-state index in [1.807, 2.05) is 30.3 Å². The summed E-state index contributed by atoms with van der Waals surface area (Å²) in [4.78, 5) is 2.33. The Labute approximate surface area is 198 Å². The highest BCUT2D eigenvalue weighted by Gasteiger charge is 2.56. The van der Waals surface area contributed by atoms with E-state index in [1.165, 1.54) is 5.56 Å². The molecule has 1 aliphatic rings. The van der Waals surface area contributed by atoms with Gasteiger partial charge in [0.25, 0.3) is 0 Å². The molecule has 1 nitrogen and oxygen atoms in total. The van der Waals surface area contributed by atoms with Gasteiger partial charge in [0.15, 0.2) is 0 Å². The van der Waals surface area contributed by atoms with Crippen molar-refractivity contribution in [3.63, 3.8) is 0 Å². The normalized spacial score (nSPS) is 22.7. The highest BCUT2D eigenvalue weighted by atomic mass is 19.4. The molecule has 188 valence electrons. The van der Waals surface area contributed by atoms with Gasteiger partial charge in [-0.2, -0.15) is 26.3 Å². The second-order valence-electron chi connectivity index (χ2n) is 9.55. The van der Waals surface area contributed by atoms with Gasteiger partial charge >= 0.3 is 12.4 Å². The Balaban J connectivity index is 1.59. The summed E-state index contributed by atoms with van der Waals surface area (Å²) in [6, 6.07) is 18.1. The molecule has 0 bridgehead atoms. The molecule has 0 aliphatic heterocycles. The number of hydrogen-bond donors (Lipinski definition) is 0. The number of rotatable bonds is 8. The first-order chi connectivity index (χ1) is 16.0. The van der Waals surface area contributed by atoms with Gasteiger partial charge in [-0.15, -0.1) is 0 Å². The van der Waals surface area contributed by atoms with E-state index in [-0.39, 0.29) is 6.42 Å². The zero-order chi connectivity index (χ0) is 24.9. The molecular formula is C27H33F6N. The summed E-state index contributed by atoms with van der Waals surface area (Å²) >= 11 is 0. The molecule has 2 aromatic carbocycles. The van der Waals surface area contributed by atoms with Gasteiger partial charge in [0.05, 0.1) is 11.8 Å². The largest absolute Gasteiger partial charge is 0.392 e. The van der Waals surface area contributed by atoms with Crippen LogP contribution in [0.3, 0.4) is 0 Å². The van der Waals surface area contributed by atoms with Crippen LogP contribution in [0.25, 0.3) is 0 Å². The van der Waals surface area contributed by atoms with E-state index in [0.717, 1.165) is 31.4 Å². The Morgan fingerprint density at radius 2 is 1.44 bits per heavy atom. The zero-order valence-electron chi connectivity index (χ0n) is 19.7. The van der Waals surface area contributed by atoms with Crippen molar-refractivity contribution in [3.05, 3.63) is 71.3 Å². The van der Waals surface area contributed by atoms with Crippen LogP contribution in [0.5, 0.6) is 0 Å². The lowest BCUT2D eigenvalue weighted by molar-refractivity contribution is -0.263. The van der Waals surface area contributed by atoms with E-state index in [2.05, 4.69) is 31.0 Å². The average molecular weight is 486 g/mol. The molecule has 1 aliphatic carbocycles. The minimum absolute atomic E-state index is 0.123. The Morgan fingerprint density at radius 1 is 0.824 bits per heavy atom. The first-order valence-corrected chi connectivity index (χ1v) is 12.0. The van der Waals surface area contributed by atoms with Crippen LogP contribution in [-0.2, 0) is 13.0 Å². The molecule has 0 saturated heterocycles. The predicted molar refractivity (Wildman–Crippen MR) is 122 cm³/mol. The van der Waals surface area contributed by atoms with Crippen molar-refractivity contribution in [1.82, 2.24) is 4.90 Å². The van der Waals surface area contributed by atoms with Crippen LogP contribution >= 0.6 is 0 Å². The van der Waals surface area contributed by atoms with Crippen LogP contribution in [0.1, 0.15) is 61.6 Å². The van der Waals surface area contributed by atoms with Crippen LogP contribution in [0.4, 0.5) is 26.3 Å². The van der Waals surface area contributed by atoms with E-state index in [4.69, 9.17) is 0 Å². The smallest absolute Gasteiger partial charge is 0.299 e. The second-order valence-corrected chi connectivity index (χ2v) is 9.55. The number of nitrogens with zero attached hydrogens (tertiary/aromatic N) is 1. The third-order valence-electron chi connectivity index (χ3n) is 7.28. The molecule has 7 heteroatoms. The predicted octanol–water partition coefficient (Wildman–Crippen LogP) is 8.15. The van der Waals surface area contributed by atoms with Gasteiger partial charge in [-0.05, 0) is 68.2 Å². The minimum Gasteiger partial charge on any atom is -0.299 e. The number of hydrogen-bond acceptors (Lipinski definition) is 1. The molecule has 34 heavy (non-hydrogen) atoms. The molecule has 0 heterocycles. The summed E-state index contributed by atoms with van der Waals surface area (Å²) in [7, 11) is 2.11. The molecule has 1 saturated carbocycles. The van der Waals surface area contributed by atoms with Crippen molar-refractivity contribution < 1.29 is 26.3 Å². The maximum Gasteiger partial charge on any atom is 0.392 e. The lowest BCUT2D eigenvalue weighted by Crippen LogP contribution is -2.42. The van der Waals surface area contributed by atoms with Crippen molar-refractivity contribution in [2.45, 2.75) is 76.3 Å². The van der Waals surface area contributed by atoms with Crippen LogP contribution in [0.15, 0.2) is 54.6 Å². The zero-order valence-corrected chi connectivity index (χ0v) is 19.7. The number of aryl methyl sites for hydroxylation is 1. The van der Waals surface area contributed by atoms with Crippen molar-refractivity contribution in [2.24, 2.45) is 11.8 Å². The monoisotopic (exact) mass is 485 g/mol. The van der Waals surface area contributed by atoms with E-state index >= 15 is 0 Å². The van der Waals surface area contributed by atoms with Gasteiger partial charge in [-0.25, -0.2) is 0 Å². The van der Waals surface area contributed by atoms with Crippen molar-refractivity contribution in [1.29, 1.82) is 0 Å². The van der Waals surface area contributed by atoms with E-state index in [1.54, 1.807) is 12.1 Å². The van der Waals surface area contributed by atoms with Crippen LogP contribution < -0.4 is 0 Å². The van der Waals surface area contributed by atoms with Gasteiger partial charge < -0.3 is 0 Å². The minimum atomic E-state index is -4.85. The summed E-state index contributed by atoms with van der Waals surface area (Å²) in [6.45, 7) is 3.02. The molecular weight excluding hydrogens is 452 g/mol. The number of halogens is 6. The fraction of sp³-hybridized carbons (Fsp3) is 0.556. The van der Waals surface area contributed by atoms with E-state index in [9.17, 15) is 26.3 Å². The topological polar surface area (TPSA) is 3.24 Å². The van der Waals surface area contributed by atoms with Crippen molar-refractivity contribution in [3.8, 4) is 0 Å². The molecule has 1 fully saturated rings. The molecule has 0 amide bonds. The first kappa shape index (κ1) is 26.6. The van der Waals surface area contributed by atoms with Crippen molar-refractivity contribution in [2.75, 3.05) is 7.05 Å². The summed E-state index contributed by atoms with van der Waals surface area (Å²) in [5.74, 6) is -5.14. The van der Waals surface area contributed by atoms with E-state index < -0.39 is 42.9 Å². The molecule has 0 aromatic heterocycles. The van der Waals surface area contributed by atoms with Gasteiger partial charge in [-0.1, -0.05) is 61.5 Å². The standard InChI is InChI=1S/C27H33F6N/c1-3-23(34(2)18-20-7-5-4-6-8-20)15-11-19-9-12-21(13-10-19)22-14-16-24(26(28,29)30)25(17-22)27(31,32)33/h4-10,12-13,22-25H,3,11,14-18H2,1-2H3. The molecule has 2 aromatic rings. The maximum absolute atomic E-state index is 13.4. The van der Waals surface area contributed by atoms with Crippen LogP contribution in [0, 0.1) is 11.8 Å². The van der Waals surface area contributed by atoms with Gasteiger partial charge in [0.2, 0.25) is 0 Å².